The van der Waals surface area contributed by atoms with Crippen LogP contribution in [0.5, 0.6) is 0 Å². The minimum atomic E-state index is -0.873. The summed E-state index contributed by atoms with van der Waals surface area (Å²) in [6.45, 7) is 0.651. The molecule has 0 bridgehead atoms. The lowest BCUT2D eigenvalue weighted by molar-refractivity contribution is 0.0697. The van der Waals surface area contributed by atoms with Crippen molar-refractivity contribution in [3.63, 3.8) is 0 Å². The largest absolute Gasteiger partial charge is 0.478 e. The number of carboxylic acids is 1. The van der Waals surface area contributed by atoms with E-state index >= 15 is 0 Å². The Morgan fingerprint density at radius 2 is 2.18 bits per heavy atom. The van der Waals surface area contributed by atoms with Gasteiger partial charge in [0.2, 0.25) is 0 Å². The lowest BCUT2D eigenvalue weighted by Gasteiger charge is -2.06. The average molecular weight is 359 g/mol. The topological polar surface area (TPSA) is 49.3 Å². The molecule has 0 radical (unpaired) electrons. The molecule has 5 heteroatoms. The SMILES string of the molecule is O=C(O)c1csc(CNc2ccccc2I)c1. The van der Waals surface area contributed by atoms with E-state index in [0.717, 1.165) is 14.1 Å². The van der Waals surface area contributed by atoms with Crippen LogP contribution in [0.1, 0.15) is 15.2 Å². The van der Waals surface area contributed by atoms with Crippen molar-refractivity contribution in [1.82, 2.24) is 0 Å². The van der Waals surface area contributed by atoms with Crippen molar-refractivity contribution in [2.75, 3.05) is 5.32 Å². The molecule has 0 spiro atoms. The summed E-state index contributed by atoms with van der Waals surface area (Å²) in [5.41, 5.74) is 1.42. The van der Waals surface area contributed by atoms with Crippen molar-refractivity contribution < 1.29 is 9.90 Å². The summed E-state index contributed by atoms with van der Waals surface area (Å²) < 4.78 is 1.15. The summed E-state index contributed by atoms with van der Waals surface area (Å²) in [4.78, 5) is 11.7. The van der Waals surface area contributed by atoms with E-state index in [2.05, 4.69) is 27.9 Å². The Bertz CT molecular complexity index is 539. The summed E-state index contributed by atoms with van der Waals surface area (Å²) in [6, 6.07) is 9.70. The molecule has 2 N–H and O–H groups in total. The van der Waals surface area contributed by atoms with Crippen molar-refractivity contribution in [2.24, 2.45) is 0 Å². The number of thiophene rings is 1. The van der Waals surface area contributed by atoms with Gasteiger partial charge in [-0.1, -0.05) is 12.1 Å². The molecule has 17 heavy (non-hydrogen) atoms. The highest BCUT2D eigenvalue weighted by Gasteiger charge is 2.06. The molecular weight excluding hydrogens is 349 g/mol. The van der Waals surface area contributed by atoms with Crippen molar-refractivity contribution in [1.29, 1.82) is 0 Å². The van der Waals surface area contributed by atoms with Gasteiger partial charge >= 0.3 is 5.97 Å². The predicted octanol–water partition coefficient (Wildman–Crippen LogP) is 3.66. The van der Waals surface area contributed by atoms with E-state index in [9.17, 15) is 4.79 Å². The summed E-state index contributed by atoms with van der Waals surface area (Å²) in [5, 5.41) is 13.8. The Hall–Kier alpha value is -1.08. The number of halogens is 1. The van der Waals surface area contributed by atoms with Crippen LogP contribution in [0.4, 0.5) is 5.69 Å². The summed E-state index contributed by atoms with van der Waals surface area (Å²) >= 11 is 3.72. The van der Waals surface area contributed by atoms with E-state index in [4.69, 9.17) is 5.11 Å². The van der Waals surface area contributed by atoms with Gasteiger partial charge < -0.3 is 10.4 Å². The second-order valence-electron chi connectivity index (χ2n) is 3.44. The Morgan fingerprint density at radius 1 is 1.41 bits per heavy atom. The Balaban J connectivity index is 2.02. The molecule has 2 aromatic rings. The summed E-state index contributed by atoms with van der Waals surface area (Å²) in [5.74, 6) is -0.873. The first kappa shape index (κ1) is 12.4. The average Bonchev–Trinajstić information content (AvgIpc) is 2.77. The van der Waals surface area contributed by atoms with Gasteiger partial charge in [-0.05, 0) is 40.8 Å². The number of carboxylic acid groups (broad SMARTS) is 1. The number of anilines is 1. The van der Waals surface area contributed by atoms with E-state index in [1.54, 1.807) is 11.4 Å². The number of rotatable bonds is 4. The van der Waals surface area contributed by atoms with Gasteiger partial charge in [-0.15, -0.1) is 11.3 Å². The molecule has 0 unspecified atom stereocenters. The molecule has 3 nitrogen and oxygen atoms in total. The highest BCUT2D eigenvalue weighted by Crippen LogP contribution is 2.20. The van der Waals surface area contributed by atoms with Crippen LogP contribution in [-0.2, 0) is 6.54 Å². The first-order valence-electron chi connectivity index (χ1n) is 4.96. The minimum absolute atomic E-state index is 0.356. The predicted molar refractivity (Wildman–Crippen MR) is 77.8 cm³/mol. The third-order valence-electron chi connectivity index (χ3n) is 2.23. The van der Waals surface area contributed by atoms with Crippen LogP contribution in [0.25, 0.3) is 0 Å². The molecule has 1 aromatic heterocycles. The van der Waals surface area contributed by atoms with E-state index in [-0.39, 0.29) is 0 Å². The molecule has 1 heterocycles. The van der Waals surface area contributed by atoms with Crippen LogP contribution in [0.15, 0.2) is 35.7 Å². The van der Waals surface area contributed by atoms with E-state index in [1.807, 2.05) is 24.3 Å². The van der Waals surface area contributed by atoms with Gasteiger partial charge in [-0.3, -0.25) is 0 Å². The molecule has 1 aromatic carbocycles. The number of benzene rings is 1. The Morgan fingerprint density at radius 3 is 2.82 bits per heavy atom. The molecule has 0 aliphatic rings. The molecule has 0 aliphatic heterocycles. The fourth-order valence-electron chi connectivity index (χ4n) is 1.37. The lowest BCUT2D eigenvalue weighted by atomic mass is 10.3. The Labute approximate surface area is 117 Å². The van der Waals surface area contributed by atoms with Crippen LogP contribution in [0.2, 0.25) is 0 Å². The standard InChI is InChI=1S/C12H10INO2S/c13-10-3-1-2-4-11(10)14-6-9-5-8(7-17-9)12(15)16/h1-5,7,14H,6H2,(H,15,16). The maximum atomic E-state index is 10.7. The molecule has 0 aliphatic carbocycles. The van der Waals surface area contributed by atoms with Crippen LogP contribution in [0, 0.1) is 3.57 Å². The number of hydrogen-bond acceptors (Lipinski definition) is 3. The lowest BCUT2D eigenvalue weighted by Crippen LogP contribution is -1.99. The van der Waals surface area contributed by atoms with E-state index < -0.39 is 5.97 Å². The number of aromatic carboxylic acids is 1. The third kappa shape index (κ3) is 3.19. The van der Waals surface area contributed by atoms with Gasteiger partial charge in [0.25, 0.3) is 0 Å². The summed E-state index contributed by atoms with van der Waals surface area (Å²) in [7, 11) is 0. The minimum Gasteiger partial charge on any atom is -0.478 e. The van der Waals surface area contributed by atoms with Gasteiger partial charge in [-0.2, -0.15) is 0 Å². The van der Waals surface area contributed by atoms with Crippen LogP contribution in [0.3, 0.4) is 0 Å². The smallest absolute Gasteiger partial charge is 0.336 e. The molecule has 0 saturated carbocycles. The maximum absolute atomic E-state index is 10.7. The van der Waals surface area contributed by atoms with Crippen molar-refractivity contribution in [3.8, 4) is 0 Å². The summed E-state index contributed by atoms with van der Waals surface area (Å²) in [6.07, 6.45) is 0. The normalized spacial score (nSPS) is 10.2. The van der Waals surface area contributed by atoms with Gasteiger partial charge in [0.15, 0.2) is 0 Å². The molecule has 2 rings (SSSR count). The molecule has 0 saturated heterocycles. The number of hydrogen-bond donors (Lipinski definition) is 2. The van der Waals surface area contributed by atoms with Crippen LogP contribution < -0.4 is 5.32 Å². The monoisotopic (exact) mass is 359 g/mol. The first-order valence-corrected chi connectivity index (χ1v) is 6.92. The van der Waals surface area contributed by atoms with E-state index in [0.29, 0.717) is 12.1 Å². The van der Waals surface area contributed by atoms with Crippen molar-refractivity contribution in [3.05, 3.63) is 49.7 Å². The highest BCUT2D eigenvalue weighted by molar-refractivity contribution is 14.1. The number of nitrogens with one attached hydrogen (secondary N) is 1. The zero-order valence-corrected chi connectivity index (χ0v) is 11.8. The Kier molecular flexibility index (Phi) is 4.01. The quantitative estimate of drug-likeness (QED) is 0.820. The molecular formula is C12H10INO2S. The second kappa shape index (κ2) is 5.50. The van der Waals surface area contributed by atoms with Crippen LogP contribution >= 0.6 is 33.9 Å². The maximum Gasteiger partial charge on any atom is 0.336 e. The number of para-hydroxylation sites is 1. The highest BCUT2D eigenvalue weighted by atomic mass is 127. The van der Waals surface area contributed by atoms with Gasteiger partial charge in [0.1, 0.15) is 0 Å². The van der Waals surface area contributed by atoms with Gasteiger partial charge in [0, 0.05) is 26.1 Å². The first-order chi connectivity index (χ1) is 8.16. The molecule has 88 valence electrons. The third-order valence-corrected chi connectivity index (χ3v) is 4.11. The molecule has 0 atom stereocenters. The fourth-order valence-corrected chi connectivity index (χ4v) is 2.75. The van der Waals surface area contributed by atoms with Gasteiger partial charge in [-0.25, -0.2) is 4.79 Å². The zero-order valence-electron chi connectivity index (χ0n) is 8.81. The molecule has 0 fully saturated rings. The fraction of sp³-hybridized carbons (Fsp3) is 0.0833. The van der Waals surface area contributed by atoms with E-state index in [1.165, 1.54) is 11.3 Å². The second-order valence-corrected chi connectivity index (χ2v) is 5.60. The van der Waals surface area contributed by atoms with Crippen molar-refractivity contribution in [2.45, 2.75) is 6.54 Å². The van der Waals surface area contributed by atoms with Gasteiger partial charge in [0.05, 0.1) is 5.56 Å². The van der Waals surface area contributed by atoms with Crippen LogP contribution in [-0.4, -0.2) is 11.1 Å². The molecule has 0 amide bonds. The number of carbonyl (C=O) groups is 1. The zero-order chi connectivity index (χ0) is 12.3. The van der Waals surface area contributed by atoms with Crippen molar-refractivity contribution >= 4 is 45.6 Å².